The van der Waals surface area contributed by atoms with E-state index in [4.69, 9.17) is 0 Å². The van der Waals surface area contributed by atoms with Crippen LogP contribution in [0.5, 0.6) is 0 Å². The molecule has 2 aromatic carbocycles. The van der Waals surface area contributed by atoms with Gasteiger partial charge in [0.25, 0.3) is 0 Å². The van der Waals surface area contributed by atoms with Crippen molar-refractivity contribution in [1.29, 1.82) is 0 Å². The Morgan fingerprint density at radius 1 is 0.667 bits per heavy atom. The maximum Gasteiger partial charge on any atom is 0.341 e. The van der Waals surface area contributed by atoms with Crippen molar-refractivity contribution in [2.24, 2.45) is 0 Å². The van der Waals surface area contributed by atoms with E-state index in [0.717, 1.165) is 25.7 Å². The molecule has 2 aliphatic carbocycles. The van der Waals surface area contributed by atoms with Crippen LogP contribution in [0.25, 0.3) is 21.8 Å². The summed E-state index contributed by atoms with van der Waals surface area (Å²) in [7, 11) is 0. The number of carboxylic acid groups (broad SMARTS) is 2. The lowest BCUT2D eigenvalue weighted by atomic mass is 10.1. The summed E-state index contributed by atoms with van der Waals surface area (Å²) in [5.74, 6) is -3.71. The molecule has 4 aliphatic rings. The van der Waals surface area contributed by atoms with Gasteiger partial charge in [0.2, 0.25) is 10.9 Å². The first kappa shape index (κ1) is 32.9. The van der Waals surface area contributed by atoms with E-state index in [2.05, 4.69) is 22.1 Å². The van der Waals surface area contributed by atoms with Crippen LogP contribution >= 0.6 is 0 Å². The summed E-state index contributed by atoms with van der Waals surface area (Å²) in [4.78, 5) is 57.4. The maximum absolute atomic E-state index is 15.4. The zero-order valence-electron chi connectivity index (χ0n) is 27.9. The second-order valence-electron chi connectivity index (χ2n) is 14.0. The van der Waals surface area contributed by atoms with Crippen LogP contribution in [0.2, 0.25) is 0 Å². The number of nitrogens with zero attached hydrogens (tertiary/aromatic N) is 6. The van der Waals surface area contributed by atoms with Crippen molar-refractivity contribution in [2.75, 3.05) is 68.7 Å². The number of hydrogen-bond donors (Lipinski definition) is 2. The number of piperazine rings is 2. The molecule has 2 saturated heterocycles. The number of benzene rings is 2. The zero-order valence-corrected chi connectivity index (χ0v) is 27.9. The molecule has 0 unspecified atom stereocenters. The largest absolute Gasteiger partial charge is 0.477 e. The number of rotatable bonds is 9. The Labute approximate surface area is 291 Å². The van der Waals surface area contributed by atoms with Crippen molar-refractivity contribution in [1.82, 2.24) is 18.9 Å². The molecule has 2 aliphatic heterocycles. The van der Waals surface area contributed by atoms with Gasteiger partial charge in [0.15, 0.2) is 0 Å². The van der Waals surface area contributed by atoms with Gasteiger partial charge in [-0.2, -0.15) is 0 Å². The fourth-order valence-electron chi connectivity index (χ4n) is 7.44. The Kier molecular flexibility index (Phi) is 8.28. The lowest BCUT2D eigenvalue weighted by molar-refractivity contribution is 0.0684. The Morgan fingerprint density at radius 3 is 1.51 bits per heavy atom. The predicted molar refractivity (Wildman–Crippen MR) is 188 cm³/mol. The van der Waals surface area contributed by atoms with Gasteiger partial charge in [-0.1, -0.05) is 6.08 Å². The number of carboxylic acids is 2. The van der Waals surface area contributed by atoms with Crippen molar-refractivity contribution >= 4 is 45.1 Å². The highest BCUT2D eigenvalue weighted by atomic mass is 19.1. The number of pyridine rings is 2. The van der Waals surface area contributed by atoms with Crippen LogP contribution in [0.15, 0.2) is 58.5 Å². The van der Waals surface area contributed by atoms with Gasteiger partial charge in [-0.15, -0.1) is 0 Å². The molecule has 0 amide bonds. The smallest absolute Gasteiger partial charge is 0.341 e. The summed E-state index contributed by atoms with van der Waals surface area (Å²) in [6, 6.07) is 5.96. The van der Waals surface area contributed by atoms with Gasteiger partial charge in [-0.25, -0.2) is 18.4 Å². The molecule has 4 fully saturated rings. The van der Waals surface area contributed by atoms with Gasteiger partial charge in [0.1, 0.15) is 22.8 Å². The van der Waals surface area contributed by atoms with Crippen LogP contribution in [0.3, 0.4) is 0 Å². The van der Waals surface area contributed by atoms with Crippen LogP contribution < -0.4 is 20.7 Å². The third kappa shape index (κ3) is 6.21. The molecule has 4 heterocycles. The fraction of sp³-hybridized carbons (Fsp3) is 0.405. The molecule has 0 bridgehead atoms. The third-order valence-electron chi connectivity index (χ3n) is 10.6. The van der Waals surface area contributed by atoms with Crippen molar-refractivity contribution in [3.8, 4) is 0 Å². The monoisotopic (exact) mass is 700 g/mol. The van der Waals surface area contributed by atoms with E-state index in [-0.39, 0.29) is 34.0 Å². The molecule has 0 spiro atoms. The minimum absolute atomic E-state index is 0.0866. The van der Waals surface area contributed by atoms with Crippen LogP contribution in [0.1, 0.15) is 58.5 Å². The van der Waals surface area contributed by atoms with Crippen LogP contribution in [-0.4, -0.2) is 100.0 Å². The van der Waals surface area contributed by atoms with Crippen molar-refractivity contribution in [3.63, 3.8) is 0 Å². The Hall–Kier alpha value is -5.24. The molecule has 0 atom stereocenters. The van der Waals surface area contributed by atoms with Crippen LogP contribution in [-0.2, 0) is 0 Å². The first-order chi connectivity index (χ1) is 24.6. The topological polar surface area (TPSA) is 132 Å². The number of anilines is 2. The number of carbonyl (C=O) groups is 2. The summed E-state index contributed by atoms with van der Waals surface area (Å²) < 4.78 is 34.4. The van der Waals surface area contributed by atoms with E-state index in [0.29, 0.717) is 81.3 Å². The maximum atomic E-state index is 15.4. The van der Waals surface area contributed by atoms with Gasteiger partial charge in [0, 0.05) is 94.2 Å². The van der Waals surface area contributed by atoms with Gasteiger partial charge >= 0.3 is 11.9 Å². The Morgan fingerprint density at radius 2 is 1.10 bits per heavy atom. The standard InChI is InChI=1S/C37H38F2N6O6/c38-28-16-24-30(44(22-2-3-22)20-26(34(24)46)36(48)49)18-32(28)42-12-8-40(9-13-42)6-1-7-41-10-14-43(15-11-41)33-19-31-25(17-29(33)39)35(47)27(37(50)51)21-45(31)23-4-5-23/h1,6,16-23H,2-5,7-15H2,(H,48,49)(H,50,51)/b6-1+. The number of fused-ring (bicyclic) bond motifs is 2. The summed E-state index contributed by atoms with van der Waals surface area (Å²) in [6.07, 6.45) is 10.5. The second-order valence-corrected chi connectivity index (χ2v) is 14.0. The molecular formula is C37H38F2N6O6. The lowest BCUT2D eigenvalue weighted by Gasteiger charge is -2.37. The van der Waals surface area contributed by atoms with Crippen molar-refractivity contribution in [2.45, 2.75) is 37.8 Å². The molecule has 266 valence electrons. The number of hydrogen-bond acceptors (Lipinski definition) is 8. The average Bonchev–Trinajstić information content (AvgIpc) is 4.04. The van der Waals surface area contributed by atoms with E-state index in [1.54, 1.807) is 12.1 Å². The minimum atomic E-state index is -1.31. The molecule has 51 heavy (non-hydrogen) atoms. The summed E-state index contributed by atoms with van der Waals surface area (Å²) in [5.41, 5.74) is -0.0900. The average molecular weight is 701 g/mol. The fourth-order valence-corrected chi connectivity index (χ4v) is 7.44. The van der Waals surface area contributed by atoms with Gasteiger partial charge < -0.3 is 34.0 Å². The van der Waals surface area contributed by atoms with Crippen LogP contribution in [0.4, 0.5) is 20.2 Å². The summed E-state index contributed by atoms with van der Waals surface area (Å²) in [5, 5.41) is 19.2. The molecule has 2 aromatic heterocycles. The summed E-state index contributed by atoms with van der Waals surface area (Å²) >= 11 is 0. The van der Waals surface area contributed by atoms with Gasteiger partial charge in [0.05, 0.1) is 22.4 Å². The molecule has 0 radical (unpaired) electrons. The normalized spacial score (nSPS) is 18.7. The first-order valence-electron chi connectivity index (χ1n) is 17.4. The molecule has 4 aromatic rings. The third-order valence-corrected chi connectivity index (χ3v) is 10.6. The van der Waals surface area contributed by atoms with E-state index >= 15 is 8.78 Å². The zero-order chi connectivity index (χ0) is 35.6. The van der Waals surface area contributed by atoms with Crippen LogP contribution in [0, 0.1) is 11.6 Å². The predicted octanol–water partition coefficient (Wildman–Crippen LogP) is 4.12. The second kappa shape index (κ2) is 12.8. The lowest BCUT2D eigenvalue weighted by Crippen LogP contribution is -2.47. The van der Waals surface area contributed by atoms with E-state index in [1.165, 1.54) is 24.5 Å². The molecular weight excluding hydrogens is 662 g/mol. The van der Waals surface area contributed by atoms with Crippen molar-refractivity contribution < 1.29 is 28.6 Å². The highest BCUT2D eigenvalue weighted by Gasteiger charge is 2.30. The van der Waals surface area contributed by atoms with Gasteiger partial charge in [-0.3, -0.25) is 14.5 Å². The van der Waals surface area contributed by atoms with E-state index in [9.17, 15) is 29.4 Å². The Bertz CT molecular complexity index is 2230. The highest BCUT2D eigenvalue weighted by Crippen LogP contribution is 2.39. The molecule has 14 heteroatoms. The quantitative estimate of drug-likeness (QED) is 0.263. The van der Waals surface area contributed by atoms with E-state index < -0.39 is 34.4 Å². The summed E-state index contributed by atoms with van der Waals surface area (Å²) in [6.45, 7) is 5.84. The van der Waals surface area contributed by atoms with Gasteiger partial charge in [-0.05, 0) is 56.1 Å². The molecule has 2 saturated carbocycles. The molecule has 2 N–H and O–H groups in total. The molecule has 12 nitrogen and oxygen atoms in total. The number of aromatic nitrogens is 2. The van der Waals surface area contributed by atoms with Crippen molar-refractivity contribution in [3.05, 3.63) is 92.1 Å². The number of halogens is 2. The van der Waals surface area contributed by atoms with E-state index in [1.807, 2.05) is 18.9 Å². The molecule has 8 rings (SSSR count). The minimum Gasteiger partial charge on any atom is -0.477 e. The Balaban J connectivity index is 0.886. The SMILES string of the molecule is O=C(O)c1cn(C2CC2)c2cc(N3CCN(/C=C/CN4CCN(c5cc6c(cc5F)c(=O)c(C(=O)O)cn6C5CC5)CC4)CC3)c(F)cc2c1=O. The first-order valence-corrected chi connectivity index (χ1v) is 17.4. The highest BCUT2D eigenvalue weighted by molar-refractivity contribution is 5.94. The number of aromatic carboxylic acids is 2.